The highest BCUT2D eigenvalue weighted by Crippen LogP contribution is 2.15. The van der Waals surface area contributed by atoms with Gasteiger partial charge < -0.3 is 19.4 Å². The molecule has 0 aliphatic rings. The minimum Gasteiger partial charge on any atom is -0.489 e. The Labute approximate surface area is 192 Å². The lowest BCUT2D eigenvalue weighted by Crippen LogP contribution is -2.41. The van der Waals surface area contributed by atoms with Crippen molar-refractivity contribution >= 4 is 29.9 Å². The number of likely N-dealkylation sites (N-methyl/N-ethyl adjacent to an activating group) is 1. The Hall–Kier alpha value is -2.63. The average Bonchev–Trinajstić information content (AvgIpc) is 3.40. The Kier molecular flexibility index (Phi) is 9.58. The molecule has 0 amide bonds. The van der Waals surface area contributed by atoms with Crippen molar-refractivity contribution in [3.05, 3.63) is 54.3 Å². The van der Waals surface area contributed by atoms with E-state index in [0.717, 1.165) is 18.3 Å². The third kappa shape index (κ3) is 6.71. The van der Waals surface area contributed by atoms with Gasteiger partial charge in [0.1, 0.15) is 12.4 Å². The number of aliphatic imine (C=N–C) groups is 1. The second-order valence-corrected chi connectivity index (χ2v) is 6.27. The Balaban J connectivity index is 0.00000320. The third-order valence-electron chi connectivity index (χ3n) is 4.10. The predicted molar refractivity (Wildman–Crippen MR) is 124 cm³/mol. The molecule has 2 aromatic heterocycles. The van der Waals surface area contributed by atoms with Gasteiger partial charge in [0.25, 0.3) is 0 Å². The number of nitrogens with zero attached hydrogens (tertiary/aromatic N) is 4. The summed E-state index contributed by atoms with van der Waals surface area (Å²) in [5.41, 5.74) is 0. The second-order valence-electron chi connectivity index (χ2n) is 6.27. The van der Waals surface area contributed by atoms with Crippen molar-refractivity contribution in [3.63, 3.8) is 0 Å². The maximum absolute atomic E-state index is 13.6. The molecule has 0 unspecified atom stereocenters. The van der Waals surface area contributed by atoms with Gasteiger partial charge in [0.15, 0.2) is 23.3 Å². The lowest BCUT2D eigenvalue weighted by Gasteiger charge is -2.22. The highest BCUT2D eigenvalue weighted by Gasteiger charge is 2.09. The Bertz CT molecular complexity index is 916. The minimum absolute atomic E-state index is 0. The van der Waals surface area contributed by atoms with E-state index in [1.54, 1.807) is 30.5 Å². The SMILES string of the molecule is CCNC(=NCCc1nc(-c2ccco2)n[nH]1)N(C)CCOc1ccccc1F.I. The van der Waals surface area contributed by atoms with Crippen LogP contribution in [0.5, 0.6) is 5.75 Å². The number of halogens is 2. The average molecular weight is 528 g/mol. The second kappa shape index (κ2) is 12.2. The molecule has 0 radical (unpaired) electrons. The van der Waals surface area contributed by atoms with Crippen molar-refractivity contribution in [1.29, 1.82) is 0 Å². The quantitative estimate of drug-likeness (QED) is 0.252. The van der Waals surface area contributed by atoms with Gasteiger partial charge in [0.05, 0.1) is 12.8 Å². The first kappa shape index (κ1) is 23.6. The number of hydrogen-bond donors (Lipinski definition) is 2. The van der Waals surface area contributed by atoms with Crippen LogP contribution in [0.4, 0.5) is 4.39 Å². The first-order valence-corrected chi connectivity index (χ1v) is 9.49. The topological polar surface area (TPSA) is 91.6 Å². The van der Waals surface area contributed by atoms with E-state index >= 15 is 0 Å². The van der Waals surface area contributed by atoms with Crippen LogP contribution in [0.1, 0.15) is 12.7 Å². The molecule has 1 aromatic carbocycles. The monoisotopic (exact) mass is 528 g/mol. The van der Waals surface area contributed by atoms with Gasteiger partial charge in [-0.3, -0.25) is 10.1 Å². The number of benzene rings is 1. The predicted octanol–water partition coefficient (Wildman–Crippen LogP) is 3.34. The Morgan fingerprint density at radius 3 is 2.87 bits per heavy atom. The number of aromatic nitrogens is 3. The molecule has 0 aliphatic carbocycles. The zero-order valence-corrected chi connectivity index (χ0v) is 19.3. The van der Waals surface area contributed by atoms with Gasteiger partial charge in [-0.05, 0) is 31.2 Å². The fourth-order valence-corrected chi connectivity index (χ4v) is 2.62. The molecule has 8 nitrogen and oxygen atoms in total. The van der Waals surface area contributed by atoms with Crippen LogP contribution in [0, 0.1) is 5.82 Å². The van der Waals surface area contributed by atoms with Gasteiger partial charge >= 0.3 is 0 Å². The summed E-state index contributed by atoms with van der Waals surface area (Å²) in [6.45, 7) is 4.18. The van der Waals surface area contributed by atoms with E-state index in [1.807, 2.05) is 24.9 Å². The van der Waals surface area contributed by atoms with Crippen LogP contribution in [0.15, 0.2) is 52.1 Å². The molecule has 0 saturated carbocycles. The van der Waals surface area contributed by atoms with Crippen molar-refractivity contribution in [2.75, 3.05) is 33.3 Å². The molecule has 30 heavy (non-hydrogen) atoms. The van der Waals surface area contributed by atoms with Crippen LogP contribution in [0.3, 0.4) is 0 Å². The number of hydrogen-bond acceptors (Lipinski definition) is 5. The van der Waals surface area contributed by atoms with E-state index < -0.39 is 0 Å². The first-order chi connectivity index (χ1) is 14.2. The molecule has 0 spiro atoms. The van der Waals surface area contributed by atoms with Crippen LogP contribution in [-0.2, 0) is 6.42 Å². The zero-order chi connectivity index (χ0) is 20.5. The zero-order valence-electron chi connectivity index (χ0n) is 17.0. The standard InChI is InChI=1S/C20H25FN6O2.HI/c1-3-22-20(27(2)12-14-29-16-8-5-4-7-15(16)21)23-11-10-18-24-19(26-25-18)17-9-6-13-28-17;/h4-9,13H,3,10-12,14H2,1-2H3,(H,22,23)(H,24,25,26);1H. The van der Waals surface area contributed by atoms with Crippen molar-refractivity contribution in [2.45, 2.75) is 13.3 Å². The third-order valence-corrected chi connectivity index (χ3v) is 4.10. The summed E-state index contributed by atoms with van der Waals surface area (Å²) in [4.78, 5) is 11.0. The molecule has 162 valence electrons. The number of furan rings is 1. The smallest absolute Gasteiger partial charge is 0.216 e. The van der Waals surface area contributed by atoms with Gasteiger partial charge in [0, 0.05) is 26.6 Å². The Morgan fingerprint density at radius 2 is 2.13 bits per heavy atom. The molecule has 2 N–H and O–H groups in total. The number of para-hydroxylation sites is 1. The highest BCUT2D eigenvalue weighted by atomic mass is 127. The van der Waals surface area contributed by atoms with Gasteiger partial charge in [-0.1, -0.05) is 12.1 Å². The largest absolute Gasteiger partial charge is 0.489 e. The van der Waals surface area contributed by atoms with Crippen molar-refractivity contribution in [2.24, 2.45) is 4.99 Å². The van der Waals surface area contributed by atoms with E-state index in [-0.39, 0.29) is 35.5 Å². The molecule has 0 bridgehead atoms. The van der Waals surface area contributed by atoms with Crippen molar-refractivity contribution in [1.82, 2.24) is 25.4 Å². The molecule has 3 rings (SSSR count). The Morgan fingerprint density at radius 1 is 1.30 bits per heavy atom. The molecule has 0 saturated heterocycles. The fraction of sp³-hybridized carbons (Fsp3) is 0.350. The summed E-state index contributed by atoms with van der Waals surface area (Å²) in [5, 5.41) is 10.3. The lowest BCUT2D eigenvalue weighted by atomic mass is 10.3. The molecular weight excluding hydrogens is 502 g/mol. The van der Waals surface area contributed by atoms with Crippen LogP contribution in [0.2, 0.25) is 0 Å². The lowest BCUT2D eigenvalue weighted by molar-refractivity contribution is 0.270. The molecule has 3 aromatic rings. The van der Waals surface area contributed by atoms with Gasteiger partial charge in [-0.15, -0.1) is 24.0 Å². The number of guanidine groups is 1. The molecule has 0 aliphatic heterocycles. The highest BCUT2D eigenvalue weighted by molar-refractivity contribution is 14.0. The van der Waals surface area contributed by atoms with E-state index in [0.29, 0.717) is 37.7 Å². The number of rotatable bonds is 9. The van der Waals surface area contributed by atoms with Crippen LogP contribution < -0.4 is 10.1 Å². The molecule has 0 atom stereocenters. The molecule has 10 heteroatoms. The molecule has 2 heterocycles. The van der Waals surface area contributed by atoms with E-state index in [4.69, 9.17) is 9.15 Å². The van der Waals surface area contributed by atoms with Crippen LogP contribution in [-0.4, -0.2) is 59.3 Å². The fourth-order valence-electron chi connectivity index (χ4n) is 2.62. The van der Waals surface area contributed by atoms with Crippen LogP contribution in [0.25, 0.3) is 11.6 Å². The first-order valence-electron chi connectivity index (χ1n) is 9.49. The number of ether oxygens (including phenoxy) is 1. The number of aromatic amines is 1. The van der Waals surface area contributed by atoms with E-state index in [9.17, 15) is 4.39 Å². The summed E-state index contributed by atoms with van der Waals surface area (Å²) in [6, 6.07) is 9.98. The van der Waals surface area contributed by atoms with Crippen molar-refractivity contribution in [3.8, 4) is 17.3 Å². The summed E-state index contributed by atoms with van der Waals surface area (Å²) < 4.78 is 24.4. The minimum atomic E-state index is -0.364. The molecular formula is C20H26FIN6O2. The maximum atomic E-state index is 13.6. The van der Waals surface area contributed by atoms with Gasteiger partial charge in [-0.25, -0.2) is 9.37 Å². The number of nitrogens with one attached hydrogen (secondary N) is 2. The summed E-state index contributed by atoms with van der Waals surface area (Å²) in [5.74, 6) is 2.52. The summed E-state index contributed by atoms with van der Waals surface area (Å²) >= 11 is 0. The van der Waals surface area contributed by atoms with E-state index in [1.165, 1.54) is 6.07 Å². The summed E-state index contributed by atoms with van der Waals surface area (Å²) in [6.07, 6.45) is 2.20. The number of H-pyrrole nitrogens is 1. The van der Waals surface area contributed by atoms with Gasteiger partial charge in [0.2, 0.25) is 5.82 Å². The maximum Gasteiger partial charge on any atom is 0.216 e. The normalized spacial score (nSPS) is 11.1. The van der Waals surface area contributed by atoms with Crippen LogP contribution >= 0.6 is 24.0 Å². The van der Waals surface area contributed by atoms with Gasteiger partial charge in [-0.2, -0.15) is 5.10 Å². The summed E-state index contributed by atoms with van der Waals surface area (Å²) in [7, 11) is 1.91. The van der Waals surface area contributed by atoms with E-state index in [2.05, 4.69) is 25.5 Å². The molecule has 0 fully saturated rings. The van der Waals surface area contributed by atoms with Crippen molar-refractivity contribution < 1.29 is 13.5 Å².